The molecule has 1 aliphatic carbocycles. The number of benzene rings is 2. The maximum Gasteiger partial charge on any atom is 0.323 e. The fourth-order valence-electron chi connectivity index (χ4n) is 5.26. The van der Waals surface area contributed by atoms with E-state index in [0.29, 0.717) is 52.8 Å². The number of amides is 2. The average Bonchev–Trinajstić information content (AvgIpc) is 3.23. The van der Waals surface area contributed by atoms with Crippen LogP contribution in [0, 0.1) is 5.82 Å². The lowest BCUT2D eigenvalue weighted by Gasteiger charge is -2.27. The van der Waals surface area contributed by atoms with Gasteiger partial charge >= 0.3 is 5.69 Å². The Labute approximate surface area is 210 Å². The summed E-state index contributed by atoms with van der Waals surface area (Å²) >= 11 is 0. The van der Waals surface area contributed by atoms with Crippen molar-refractivity contribution >= 4 is 22.8 Å². The minimum atomic E-state index is -0.736. The summed E-state index contributed by atoms with van der Waals surface area (Å²) in [4.78, 5) is 45.7. The summed E-state index contributed by atoms with van der Waals surface area (Å²) in [5, 5.41) is 13.1. The lowest BCUT2D eigenvalue weighted by molar-refractivity contribution is -0.138. The molecule has 11 heteroatoms. The molecule has 1 aliphatic heterocycles. The van der Waals surface area contributed by atoms with Crippen molar-refractivity contribution in [2.75, 3.05) is 6.54 Å². The largest absolute Gasteiger partial charge is 0.343 e. The number of likely N-dealkylation sites (tertiary alicyclic amines) is 1. The van der Waals surface area contributed by atoms with Gasteiger partial charge < -0.3 is 20.2 Å². The van der Waals surface area contributed by atoms with E-state index in [9.17, 15) is 14.4 Å². The highest BCUT2D eigenvalue weighted by atomic mass is 19.1. The average molecular weight is 504 g/mol. The standard InChI is InChI=1S/C26H26FN7O3/c27-19-11-15(8-9-17(19)14-6-7-14)23(18-3-1-4-20-24(18)31-26(37)29-20)30-25(36)21-5-2-10-34(21)22(35)12-16-13-28-33-32-16/h1,3-4,8-9,11,13-14,21,23H,2,5-7,10,12H2,(H,30,36)(H,28,32,33)(H2,29,31,37)/t21-,23?/m0/s1. The molecular formula is C26H26FN7O3. The van der Waals surface area contributed by atoms with Gasteiger partial charge in [0.1, 0.15) is 11.9 Å². The number of H-pyrrole nitrogens is 3. The minimum absolute atomic E-state index is 0.0674. The molecule has 0 radical (unpaired) electrons. The van der Waals surface area contributed by atoms with Crippen LogP contribution >= 0.6 is 0 Å². The predicted octanol–water partition coefficient (Wildman–Crippen LogP) is 2.43. The molecule has 4 N–H and O–H groups in total. The number of para-hydroxylation sites is 1. The topological polar surface area (TPSA) is 140 Å². The van der Waals surface area contributed by atoms with Gasteiger partial charge in [0.2, 0.25) is 11.8 Å². The van der Waals surface area contributed by atoms with E-state index >= 15 is 4.39 Å². The van der Waals surface area contributed by atoms with E-state index in [0.717, 1.165) is 12.8 Å². The van der Waals surface area contributed by atoms with E-state index in [2.05, 4.69) is 30.7 Å². The zero-order valence-corrected chi connectivity index (χ0v) is 20.0. The van der Waals surface area contributed by atoms with Crippen molar-refractivity contribution in [1.29, 1.82) is 0 Å². The molecule has 1 saturated carbocycles. The third-order valence-corrected chi connectivity index (χ3v) is 7.24. The molecule has 2 atom stereocenters. The van der Waals surface area contributed by atoms with Gasteiger partial charge in [0.05, 0.1) is 35.4 Å². The quantitative estimate of drug-likeness (QED) is 0.307. The van der Waals surface area contributed by atoms with Crippen molar-refractivity contribution in [3.8, 4) is 0 Å². The highest BCUT2D eigenvalue weighted by molar-refractivity contribution is 5.90. The Balaban J connectivity index is 1.32. The first-order chi connectivity index (χ1) is 18.0. The molecule has 190 valence electrons. The van der Waals surface area contributed by atoms with Crippen molar-refractivity contribution in [3.05, 3.63) is 81.3 Å². The lowest BCUT2D eigenvalue weighted by Crippen LogP contribution is -2.47. The summed E-state index contributed by atoms with van der Waals surface area (Å²) in [5.41, 5.74) is 3.19. The maximum atomic E-state index is 15.1. The van der Waals surface area contributed by atoms with Crippen molar-refractivity contribution in [2.24, 2.45) is 0 Å². The van der Waals surface area contributed by atoms with Crippen LogP contribution in [0.4, 0.5) is 4.39 Å². The molecule has 0 bridgehead atoms. The second-order valence-corrected chi connectivity index (χ2v) is 9.75. The molecular weight excluding hydrogens is 477 g/mol. The number of carbonyl (C=O) groups excluding carboxylic acids is 2. The van der Waals surface area contributed by atoms with Crippen molar-refractivity contribution < 1.29 is 14.0 Å². The normalized spacial score (nSPS) is 18.3. The van der Waals surface area contributed by atoms with Gasteiger partial charge in [0.15, 0.2) is 0 Å². The first kappa shape index (κ1) is 23.1. The highest BCUT2D eigenvalue weighted by Crippen LogP contribution is 2.42. The van der Waals surface area contributed by atoms with E-state index in [1.165, 1.54) is 12.3 Å². The summed E-state index contributed by atoms with van der Waals surface area (Å²) in [6, 6.07) is 9.01. The molecule has 10 nitrogen and oxygen atoms in total. The lowest BCUT2D eigenvalue weighted by atomic mass is 9.95. The van der Waals surface area contributed by atoms with Crippen molar-refractivity contribution in [2.45, 2.75) is 50.1 Å². The summed E-state index contributed by atoms with van der Waals surface area (Å²) in [6.45, 7) is 0.467. The molecule has 2 aromatic carbocycles. The Kier molecular flexibility index (Phi) is 5.82. The van der Waals surface area contributed by atoms with Gasteiger partial charge in [-0.1, -0.05) is 29.5 Å². The molecule has 4 aromatic rings. The summed E-state index contributed by atoms with van der Waals surface area (Å²) in [5.74, 6) is -0.591. The van der Waals surface area contributed by atoms with E-state index in [4.69, 9.17) is 0 Å². The summed E-state index contributed by atoms with van der Waals surface area (Å²) < 4.78 is 15.1. The van der Waals surface area contributed by atoms with Gasteiger partial charge in [-0.05, 0) is 54.9 Å². The van der Waals surface area contributed by atoms with Crippen LogP contribution in [0.25, 0.3) is 11.0 Å². The first-order valence-corrected chi connectivity index (χ1v) is 12.4. The van der Waals surface area contributed by atoms with Gasteiger partial charge in [-0.15, -0.1) is 5.10 Å². The van der Waals surface area contributed by atoms with Gasteiger partial charge in [0, 0.05) is 12.1 Å². The number of halogens is 1. The molecule has 2 amide bonds. The predicted molar refractivity (Wildman–Crippen MR) is 132 cm³/mol. The third-order valence-electron chi connectivity index (χ3n) is 7.24. The smallest absolute Gasteiger partial charge is 0.323 e. The van der Waals surface area contributed by atoms with Gasteiger partial charge in [0.25, 0.3) is 0 Å². The van der Waals surface area contributed by atoms with Crippen LogP contribution in [0.15, 0.2) is 47.4 Å². The van der Waals surface area contributed by atoms with Crippen LogP contribution in [0.2, 0.25) is 0 Å². The monoisotopic (exact) mass is 503 g/mol. The number of imidazole rings is 1. The Morgan fingerprint density at radius 1 is 1.16 bits per heavy atom. The number of aromatic nitrogens is 5. The number of fused-ring (bicyclic) bond motifs is 1. The van der Waals surface area contributed by atoms with Gasteiger partial charge in [-0.25, -0.2) is 9.18 Å². The fourth-order valence-corrected chi connectivity index (χ4v) is 5.26. The van der Waals surface area contributed by atoms with Crippen molar-refractivity contribution in [1.82, 2.24) is 35.6 Å². The molecule has 3 heterocycles. The maximum absolute atomic E-state index is 15.1. The van der Waals surface area contributed by atoms with Gasteiger partial charge in [-0.3, -0.25) is 14.7 Å². The SMILES string of the molecule is O=C(NC(c1ccc(C2CC2)c(F)c1)c1cccc2[nH]c(=O)[nH]c12)[C@@H]1CCCN1C(=O)Cc1cnn[nH]1. The zero-order chi connectivity index (χ0) is 25.5. The van der Waals surface area contributed by atoms with Crippen LogP contribution in [-0.4, -0.2) is 54.7 Å². The number of carbonyl (C=O) groups is 2. The second-order valence-electron chi connectivity index (χ2n) is 9.75. The number of rotatable bonds is 7. The molecule has 1 unspecified atom stereocenters. The van der Waals surface area contributed by atoms with E-state index in [1.807, 2.05) is 6.07 Å². The number of aromatic amines is 3. The fraction of sp³-hybridized carbons (Fsp3) is 0.346. The molecule has 37 heavy (non-hydrogen) atoms. The number of hydrogen-bond acceptors (Lipinski definition) is 5. The van der Waals surface area contributed by atoms with Crippen molar-refractivity contribution in [3.63, 3.8) is 0 Å². The van der Waals surface area contributed by atoms with Crippen LogP contribution in [-0.2, 0) is 16.0 Å². The Morgan fingerprint density at radius 2 is 2.03 bits per heavy atom. The number of nitrogens with zero attached hydrogens (tertiary/aromatic N) is 3. The Morgan fingerprint density at radius 3 is 2.78 bits per heavy atom. The third kappa shape index (κ3) is 4.52. The van der Waals surface area contributed by atoms with Gasteiger partial charge in [-0.2, -0.15) is 0 Å². The van der Waals surface area contributed by atoms with Crippen LogP contribution in [0.1, 0.15) is 60.0 Å². The van der Waals surface area contributed by atoms with Crippen LogP contribution in [0.5, 0.6) is 0 Å². The Bertz CT molecular complexity index is 1520. The molecule has 1 saturated heterocycles. The van der Waals surface area contributed by atoms with Crippen LogP contribution in [0.3, 0.4) is 0 Å². The van der Waals surface area contributed by atoms with Crippen LogP contribution < -0.4 is 11.0 Å². The molecule has 2 fully saturated rings. The number of hydrogen-bond donors (Lipinski definition) is 4. The molecule has 6 rings (SSSR count). The second kappa shape index (κ2) is 9.30. The highest BCUT2D eigenvalue weighted by Gasteiger charge is 2.36. The summed E-state index contributed by atoms with van der Waals surface area (Å²) in [7, 11) is 0. The van der Waals surface area contributed by atoms with E-state index < -0.39 is 12.1 Å². The van der Waals surface area contributed by atoms with E-state index in [1.54, 1.807) is 29.2 Å². The van der Waals surface area contributed by atoms with E-state index in [-0.39, 0.29) is 35.7 Å². The summed E-state index contributed by atoms with van der Waals surface area (Å²) in [6.07, 6.45) is 4.71. The molecule has 2 aliphatic rings. The molecule has 0 spiro atoms. The zero-order valence-electron chi connectivity index (χ0n) is 20.0. The number of nitrogens with one attached hydrogen (secondary N) is 4. The Hall–Kier alpha value is -4.28. The molecule has 2 aromatic heterocycles. The first-order valence-electron chi connectivity index (χ1n) is 12.4. The minimum Gasteiger partial charge on any atom is -0.343 e.